The van der Waals surface area contributed by atoms with Gasteiger partial charge in [0.15, 0.2) is 0 Å². The lowest BCUT2D eigenvalue weighted by molar-refractivity contribution is 1.25. The Morgan fingerprint density at radius 2 is 1.31 bits per heavy atom. The molecule has 0 aromatic heterocycles. The molecular weight excluding hydrogens is 348 g/mol. The third-order valence-corrected chi connectivity index (χ3v) is 10.8. The van der Waals surface area contributed by atoms with Crippen LogP contribution in [-0.2, 0) is 6.04 Å². The summed E-state index contributed by atoms with van der Waals surface area (Å²) in [5, 5.41) is 0. The van der Waals surface area contributed by atoms with E-state index in [2.05, 4.69) is 116 Å². The van der Waals surface area contributed by atoms with Crippen LogP contribution in [0.4, 0.5) is 0 Å². The van der Waals surface area contributed by atoms with Crippen molar-refractivity contribution in [1.29, 1.82) is 0 Å². The van der Waals surface area contributed by atoms with E-state index in [1.165, 1.54) is 22.1 Å². The van der Waals surface area contributed by atoms with Crippen LogP contribution in [0.25, 0.3) is 6.08 Å². The van der Waals surface area contributed by atoms with Gasteiger partial charge in [0.25, 0.3) is 0 Å². The summed E-state index contributed by atoms with van der Waals surface area (Å²) in [7, 11) is -1.53. The highest BCUT2D eigenvalue weighted by molar-refractivity contribution is 8.01. The SMILES string of the molecule is C[Si](C)(Cc1ccccc1)C(/C=C/c1ccccc1)Sc1ccccc1. The van der Waals surface area contributed by atoms with Crippen molar-refractivity contribution >= 4 is 25.9 Å². The molecule has 0 heterocycles. The highest BCUT2D eigenvalue weighted by atomic mass is 32.2. The van der Waals surface area contributed by atoms with Gasteiger partial charge >= 0.3 is 0 Å². The van der Waals surface area contributed by atoms with Crippen LogP contribution in [0.1, 0.15) is 11.1 Å². The molecule has 132 valence electrons. The van der Waals surface area contributed by atoms with Crippen LogP contribution in [0.3, 0.4) is 0 Å². The van der Waals surface area contributed by atoms with E-state index in [0.29, 0.717) is 4.87 Å². The third kappa shape index (κ3) is 5.48. The molecule has 3 rings (SSSR count). The summed E-state index contributed by atoms with van der Waals surface area (Å²) in [5.74, 6) is 0. The Morgan fingerprint density at radius 1 is 0.769 bits per heavy atom. The fourth-order valence-electron chi connectivity index (χ4n) is 3.09. The molecule has 3 aromatic rings. The molecule has 0 saturated carbocycles. The molecule has 0 aliphatic carbocycles. The number of thioether (sulfide) groups is 1. The maximum Gasteiger partial charge on any atom is 0.0713 e. The van der Waals surface area contributed by atoms with Crippen LogP contribution in [-0.4, -0.2) is 12.9 Å². The van der Waals surface area contributed by atoms with E-state index in [1.54, 1.807) is 0 Å². The Kier molecular flexibility index (Phi) is 6.54. The summed E-state index contributed by atoms with van der Waals surface area (Å²) in [6.45, 7) is 5.02. The largest absolute Gasteiger partial charge is 0.122 e. The summed E-state index contributed by atoms with van der Waals surface area (Å²) < 4.78 is 0. The van der Waals surface area contributed by atoms with Crippen LogP contribution in [0.15, 0.2) is 102 Å². The minimum absolute atomic E-state index is 0.519. The molecule has 0 radical (unpaired) electrons. The van der Waals surface area contributed by atoms with Gasteiger partial charge in [-0.25, -0.2) is 0 Å². The first kappa shape index (κ1) is 18.7. The molecule has 0 saturated heterocycles. The molecule has 1 atom stereocenters. The van der Waals surface area contributed by atoms with Crippen molar-refractivity contribution in [3.63, 3.8) is 0 Å². The topological polar surface area (TPSA) is 0 Å². The van der Waals surface area contributed by atoms with Crippen LogP contribution < -0.4 is 0 Å². The van der Waals surface area contributed by atoms with Gasteiger partial charge in [-0.15, -0.1) is 11.8 Å². The first-order valence-corrected chi connectivity index (χ1v) is 13.3. The highest BCUT2D eigenvalue weighted by Gasteiger charge is 2.31. The van der Waals surface area contributed by atoms with Crippen LogP contribution in [0.2, 0.25) is 13.1 Å². The molecule has 0 fully saturated rings. The predicted molar refractivity (Wildman–Crippen MR) is 119 cm³/mol. The fourth-order valence-corrected chi connectivity index (χ4v) is 7.90. The lowest BCUT2D eigenvalue weighted by Crippen LogP contribution is -2.41. The second kappa shape index (κ2) is 9.06. The first-order valence-electron chi connectivity index (χ1n) is 9.12. The van der Waals surface area contributed by atoms with E-state index >= 15 is 0 Å². The van der Waals surface area contributed by atoms with E-state index in [-0.39, 0.29) is 0 Å². The van der Waals surface area contributed by atoms with E-state index in [9.17, 15) is 0 Å². The van der Waals surface area contributed by atoms with Gasteiger partial charge in [-0.2, -0.15) is 0 Å². The summed E-state index contributed by atoms with van der Waals surface area (Å²) in [6, 6.07) is 33.5. The number of benzene rings is 3. The molecule has 0 bridgehead atoms. The molecule has 2 heteroatoms. The number of rotatable bonds is 7. The lowest BCUT2D eigenvalue weighted by atomic mass is 10.2. The van der Waals surface area contributed by atoms with E-state index in [4.69, 9.17) is 0 Å². The molecular formula is C24H26SSi. The van der Waals surface area contributed by atoms with E-state index < -0.39 is 8.07 Å². The zero-order valence-electron chi connectivity index (χ0n) is 15.5. The standard InChI is InChI=1S/C24H26SSi/c1-26(2,20-22-14-8-4-9-15-22)24(25-23-16-10-5-11-17-23)19-18-21-12-6-3-7-13-21/h3-19,24H,20H2,1-2H3/b19-18+. The minimum atomic E-state index is -1.53. The second-order valence-corrected chi connectivity index (χ2v) is 13.9. The quantitative estimate of drug-likeness (QED) is 0.320. The van der Waals surface area contributed by atoms with Gasteiger partial charge in [0.2, 0.25) is 0 Å². The van der Waals surface area contributed by atoms with Gasteiger partial charge in [-0.3, -0.25) is 0 Å². The predicted octanol–water partition coefficient (Wildman–Crippen LogP) is 6.89. The lowest BCUT2D eigenvalue weighted by Gasteiger charge is -2.30. The van der Waals surface area contributed by atoms with Gasteiger partial charge in [0.1, 0.15) is 0 Å². The van der Waals surface area contributed by atoms with Gasteiger partial charge in [-0.05, 0) is 23.7 Å². The van der Waals surface area contributed by atoms with E-state index in [0.717, 1.165) is 0 Å². The normalized spacial score (nSPS) is 13.0. The van der Waals surface area contributed by atoms with Crippen molar-refractivity contribution in [2.24, 2.45) is 0 Å². The summed E-state index contributed by atoms with van der Waals surface area (Å²) >= 11 is 2.01. The van der Waals surface area contributed by atoms with Crippen molar-refractivity contribution in [2.45, 2.75) is 28.9 Å². The van der Waals surface area contributed by atoms with Crippen LogP contribution >= 0.6 is 11.8 Å². The Morgan fingerprint density at radius 3 is 1.92 bits per heavy atom. The van der Waals surface area contributed by atoms with Gasteiger partial charge in [-0.1, -0.05) is 110 Å². The van der Waals surface area contributed by atoms with Crippen LogP contribution in [0, 0.1) is 0 Å². The van der Waals surface area contributed by atoms with E-state index in [1.807, 2.05) is 11.8 Å². The molecule has 26 heavy (non-hydrogen) atoms. The average Bonchev–Trinajstić information content (AvgIpc) is 2.67. The van der Waals surface area contributed by atoms with Crippen molar-refractivity contribution in [3.05, 3.63) is 108 Å². The Hall–Kier alpha value is -2.03. The Balaban J connectivity index is 1.84. The monoisotopic (exact) mass is 374 g/mol. The molecule has 1 unspecified atom stereocenters. The number of hydrogen-bond acceptors (Lipinski definition) is 1. The van der Waals surface area contributed by atoms with Crippen LogP contribution in [0.5, 0.6) is 0 Å². The minimum Gasteiger partial charge on any atom is -0.122 e. The Labute approximate surface area is 163 Å². The summed E-state index contributed by atoms with van der Waals surface area (Å²) in [5.41, 5.74) is 2.73. The molecule has 0 spiro atoms. The molecule has 0 aliphatic heterocycles. The maximum atomic E-state index is 2.51. The molecule has 3 aromatic carbocycles. The smallest absolute Gasteiger partial charge is 0.0713 e. The summed E-state index contributed by atoms with van der Waals surface area (Å²) in [6.07, 6.45) is 4.72. The highest BCUT2D eigenvalue weighted by Crippen LogP contribution is 2.33. The molecule has 0 amide bonds. The Bertz CT molecular complexity index is 811. The third-order valence-electron chi connectivity index (χ3n) is 4.54. The van der Waals surface area contributed by atoms with Crippen molar-refractivity contribution in [1.82, 2.24) is 0 Å². The van der Waals surface area contributed by atoms with Crippen molar-refractivity contribution in [2.75, 3.05) is 0 Å². The van der Waals surface area contributed by atoms with Gasteiger partial charge in [0.05, 0.1) is 8.07 Å². The average molecular weight is 375 g/mol. The zero-order chi connectivity index (χ0) is 18.2. The first-order chi connectivity index (χ1) is 12.6. The maximum absolute atomic E-state index is 2.51. The van der Waals surface area contributed by atoms with Crippen molar-refractivity contribution < 1.29 is 0 Å². The molecule has 0 nitrogen and oxygen atoms in total. The molecule has 0 aliphatic rings. The van der Waals surface area contributed by atoms with Gasteiger partial charge in [0, 0.05) is 9.77 Å². The number of hydrogen-bond donors (Lipinski definition) is 0. The van der Waals surface area contributed by atoms with Crippen molar-refractivity contribution in [3.8, 4) is 0 Å². The zero-order valence-corrected chi connectivity index (χ0v) is 17.3. The van der Waals surface area contributed by atoms with Gasteiger partial charge < -0.3 is 0 Å². The second-order valence-electron chi connectivity index (χ2n) is 7.27. The molecule has 0 N–H and O–H groups in total. The summed E-state index contributed by atoms with van der Waals surface area (Å²) in [4.78, 5) is 1.87. The fraction of sp³-hybridized carbons (Fsp3) is 0.167.